The average Bonchev–Trinajstić information content (AvgIpc) is 2.92. The van der Waals surface area contributed by atoms with Crippen LogP contribution in [-0.2, 0) is 4.79 Å². The standard InChI is InChI=1S/C14H19N3O2S.ClH/c1-9-6-10(4-5-11(9)14(19)17(2)3)16-13(18)12-7-20-8-15-12;/h4-6,12,15H,7-8H2,1-3H3,(H,16,18);1H. The zero-order chi connectivity index (χ0) is 14.7. The highest BCUT2D eigenvalue weighted by Crippen LogP contribution is 2.18. The van der Waals surface area contributed by atoms with Gasteiger partial charge >= 0.3 is 0 Å². The van der Waals surface area contributed by atoms with Crippen LogP contribution in [0.5, 0.6) is 0 Å². The fourth-order valence-electron chi connectivity index (χ4n) is 2.02. The molecule has 0 saturated carbocycles. The molecule has 116 valence electrons. The third-order valence-corrected chi connectivity index (χ3v) is 4.10. The van der Waals surface area contributed by atoms with Gasteiger partial charge in [-0.2, -0.15) is 0 Å². The van der Waals surface area contributed by atoms with Gasteiger partial charge in [-0.1, -0.05) is 0 Å². The molecule has 1 saturated heterocycles. The Morgan fingerprint density at radius 1 is 1.38 bits per heavy atom. The summed E-state index contributed by atoms with van der Waals surface area (Å²) in [6.07, 6.45) is 0. The number of carbonyl (C=O) groups excluding carboxylic acids is 2. The van der Waals surface area contributed by atoms with Crippen molar-refractivity contribution in [1.82, 2.24) is 10.2 Å². The summed E-state index contributed by atoms with van der Waals surface area (Å²) < 4.78 is 0. The summed E-state index contributed by atoms with van der Waals surface area (Å²) in [6, 6.07) is 5.22. The number of benzene rings is 1. The number of amides is 2. The zero-order valence-corrected chi connectivity index (χ0v) is 13.9. The highest BCUT2D eigenvalue weighted by Gasteiger charge is 2.22. The minimum atomic E-state index is -0.136. The van der Waals surface area contributed by atoms with Gasteiger partial charge in [0.2, 0.25) is 5.91 Å². The number of anilines is 1. The monoisotopic (exact) mass is 329 g/mol. The first-order chi connectivity index (χ1) is 9.49. The molecule has 0 bridgehead atoms. The molecule has 1 unspecified atom stereocenters. The molecule has 1 atom stereocenters. The predicted molar refractivity (Wildman–Crippen MR) is 89.3 cm³/mol. The summed E-state index contributed by atoms with van der Waals surface area (Å²) in [5.74, 6) is 1.55. The van der Waals surface area contributed by atoms with E-state index in [-0.39, 0.29) is 30.3 Å². The lowest BCUT2D eigenvalue weighted by Crippen LogP contribution is -2.37. The highest BCUT2D eigenvalue weighted by molar-refractivity contribution is 7.99. The Bertz CT molecular complexity index is 531. The van der Waals surface area contributed by atoms with E-state index in [9.17, 15) is 9.59 Å². The van der Waals surface area contributed by atoms with Crippen LogP contribution in [0.4, 0.5) is 5.69 Å². The number of carbonyl (C=O) groups is 2. The molecule has 1 heterocycles. The zero-order valence-electron chi connectivity index (χ0n) is 12.3. The first kappa shape index (κ1) is 17.8. The van der Waals surface area contributed by atoms with Crippen molar-refractivity contribution in [1.29, 1.82) is 0 Å². The second-order valence-electron chi connectivity index (χ2n) is 4.99. The lowest BCUT2D eigenvalue weighted by Gasteiger charge is -2.15. The predicted octanol–water partition coefficient (Wildman–Crippen LogP) is 1.72. The van der Waals surface area contributed by atoms with Crippen LogP contribution in [0, 0.1) is 6.92 Å². The summed E-state index contributed by atoms with van der Waals surface area (Å²) in [7, 11) is 3.45. The summed E-state index contributed by atoms with van der Waals surface area (Å²) in [4.78, 5) is 25.5. The van der Waals surface area contributed by atoms with E-state index in [0.29, 0.717) is 5.56 Å². The number of aryl methyl sites for hydroxylation is 1. The van der Waals surface area contributed by atoms with Crippen LogP contribution >= 0.6 is 24.2 Å². The maximum absolute atomic E-state index is 12.0. The molecule has 1 aromatic rings. The number of thioether (sulfide) groups is 1. The minimum absolute atomic E-state index is 0. The number of halogens is 1. The molecule has 21 heavy (non-hydrogen) atoms. The first-order valence-electron chi connectivity index (χ1n) is 6.43. The van der Waals surface area contributed by atoms with Gasteiger partial charge in [-0.15, -0.1) is 24.2 Å². The molecule has 0 aliphatic carbocycles. The van der Waals surface area contributed by atoms with Gasteiger partial charge in [-0.05, 0) is 30.7 Å². The summed E-state index contributed by atoms with van der Waals surface area (Å²) in [5.41, 5.74) is 2.24. The van der Waals surface area contributed by atoms with Gasteiger partial charge in [0.25, 0.3) is 5.91 Å². The van der Waals surface area contributed by atoms with Gasteiger partial charge in [0.1, 0.15) is 0 Å². The quantitative estimate of drug-likeness (QED) is 0.886. The molecule has 1 aromatic carbocycles. The topological polar surface area (TPSA) is 61.4 Å². The van der Waals surface area contributed by atoms with E-state index in [1.807, 2.05) is 13.0 Å². The Morgan fingerprint density at radius 2 is 2.10 bits per heavy atom. The molecule has 1 aliphatic heterocycles. The van der Waals surface area contributed by atoms with Crippen LogP contribution in [0.3, 0.4) is 0 Å². The number of rotatable bonds is 3. The number of hydrogen-bond donors (Lipinski definition) is 2. The summed E-state index contributed by atoms with van der Waals surface area (Å²) >= 11 is 1.71. The molecular formula is C14H20ClN3O2S. The van der Waals surface area contributed by atoms with E-state index in [4.69, 9.17) is 0 Å². The van der Waals surface area contributed by atoms with Crippen molar-refractivity contribution in [3.8, 4) is 0 Å². The van der Waals surface area contributed by atoms with Crippen LogP contribution in [0.25, 0.3) is 0 Å². The van der Waals surface area contributed by atoms with Gasteiger partial charge in [0.05, 0.1) is 6.04 Å². The Kier molecular flexibility index (Phi) is 6.51. The molecule has 2 amide bonds. The van der Waals surface area contributed by atoms with Crippen molar-refractivity contribution < 1.29 is 9.59 Å². The van der Waals surface area contributed by atoms with E-state index in [1.54, 1.807) is 42.9 Å². The van der Waals surface area contributed by atoms with Crippen LogP contribution in [-0.4, -0.2) is 48.5 Å². The maximum Gasteiger partial charge on any atom is 0.253 e. The molecule has 1 fully saturated rings. The lowest BCUT2D eigenvalue weighted by molar-refractivity contribution is -0.117. The van der Waals surface area contributed by atoms with E-state index in [0.717, 1.165) is 22.9 Å². The normalized spacial score (nSPS) is 17.0. The smallest absolute Gasteiger partial charge is 0.253 e. The third kappa shape index (κ3) is 4.36. The van der Waals surface area contributed by atoms with E-state index in [1.165, 1.54) is 0 Å². The summed E-state index contributed by atoms with van der Waals surface area (Å²) in [6.45, 7) is 1.87. The Hall–Kier alpha value is -1.24. The SMILES string of the molecule is Cc1cc(NC(=O)C2CSCN2)ccc1C(=O)N(C)C.Cl. The largest absolute Gasteiger partial charge is 0.345 e. The number of nitrogens with one attached hydrogen (secondary N) is 2. The number of hydrogen-bond acceptors (Lipinski definition) is 4. The molecule has 2 N–H and O–H groups in total. The maximum atomic E-state index is 12.0. The van der Waals surface area contributed by atoms with Crippen molar-refractivity contribution in [3.05, 3.63) is 29.3 Å². The third-order valence-electron chi connectivity index (χ3n) is 3.16. The highest BCUT2D eigenvalue weighted by atomic mass is 35.5. The van der Waals surface area contributed by atoms with E-state index >= 15 is 0 Å². The van der Waals surface area contributed by atoms with Gasteiger partial charge < -0.3 is 10.2 Å². The fourth-order valence-corrected chi connectivity index (χ4v) is 2.96. The van der Waals surface area contributed by atoms with Crippen LogP contribution in [0.15, 0.2) is 18.2 Å². The molecule has 2 rings (SSSR count). The van der Waals surface area contributed by atoms with Crippen molar-refractivity contribution >= 4 is 41.7 Å². The van der Waals surface area contributed by atoms with Crippen molar-refractivity contribution in [2.75, 3.05) is 31.0 Å². The molecule has 1 aliphatic rings. The van der Waals surface area contributed by atoms with Gasteiger partial charge in [-0.25, -0.2) is 0 Å². The molecule has 5 nitrogen and oxygen atoms in total. The average molecular weight is 330 g/mol. The van der Waals surface area contributed by atoms with Crippen molar-refractivity contribution in [2.45, 2.75) is 13.0 Å². The second kappa shape index (κ2) is 7.68. The molecule has 0 aromatic heterocycles. The second-order valence-corrected chi connectivity index (χ2v) is 6.02. The Balaban J connectivity index is 0.00000220. The lowest BCUT2D eigenvalue weighted by atomic mass is 10.1. The molecule has 0 radical (unpaired) electrons. The summed E-state index contributed by atoms with van der Waals surface area (Å²) in [5, 5.41) is 6.01. The minimum Gasteiger partial charge on any atom is -0.345 e. The first-order valence-corrected chi connectivity index (χ1v) is 7.59. The van der Waals surface area contributed by atoms with Gasteiger partial charge in [0.15, 0.2) is 0 Å². The Labute approximate surface area is 135 Å². The van der Waals surface area contributed by atoms with Crippen molar-refractivity contribution in [2.24, 2.45) is 0 Å². The van der Waals surface area contributed by atoms with Gasteiger partial charge in [-0.3, -0.25) is 14.9 Å². The van der Waals surface area contributed by atoms with Crippen LogP contribution in [0.1, 0.15) is 15.9 Å². The Morgan fingerprint density at radius 3 is 2.62 bits per heavy atom. The molecule has 7 heteroatoms. The fraction of sp³-hybridized carbons (Fsp3) is 0.429. The molecular weight excluding hydrogens is 310 g/mol. The van der Waals surface area contributed by atoms with E-state index < -0.39 is 0 Å². The van der Waals surface area contributed by atoms with Crippen LogP contribution in [0.2, 0.25) is 0 Å². The van der Waals surface area contributed by atoms with Crippen LogP contribution < -0.4 is 10.6 Å². The van der Waals surface area contributed by atoms with E-state index in [2.05, 4.69) is 10.6 Å². The van der Waals surface area contributed by atoms with Gasteiger partial charge in [0, 0.05) is 37.0 Å². The van der Waals surface area contributed by atoms with Crippen molar-refractivity contribution in [3.63, 3.8) is 0 Å². The number of nitrogens with zero attached hydrogens (tertiary/aromatic N) is 1. The molecule has 0 spiro atoms.